The highest BCUT2D eigenvalue weighted by molar-refractivity contribution is 6.28. The number of nitrogens with zero attached hydrogens (tertiary/aromatic N) is 5. The highest BCUT2D eigenvalue weighted by atomic mass is 35.5. The van der Waals surface area contributed by atoms with E-state index in [-0.39, 0.29) is 5.28 Å². The Kier molecular flexibility index (Phi) is 3.48. The van der Waals surface area contributed by atoms with Crippen molar-refractivity contribution < 1.29 is 0 Å². The zero-order chi connectivity index (χ0) is 13.9. The molecule has 0 radical (unpaired) electrons. The minimum atomic E-state index is 0.173. The fourth-order valence-electron chi connectivity index (χ4n) is 2.37. The third-order valence-electron chi connectivity index (χ3n) is 3.32. The Morgan fingerprint density at radius 3 is 2.55 bits per heavy atom. The van der Waals surface area contributed by atoms with Crippen molar-refractivity contribution in [2.24, 2.45) is 0 Å². The molecule has 0 atom stereocenters. The molecule has 2 aromatic rings. The predicted molar refractivity (Wildman–Crippen MR) is 76.4 cm³/mol. The summed E-state index contributed by atoms with van der Waals surface area (Å²) in [6.45, 7) is 1.96. The van der Waals surface area contributed by atoms with Gasteiger partial charge < -0.3 is 4.90 Å². The van der Waals surface area contributed by atoms with E-state index < -0.39 is 0 Å². The molecule has 3 heterocycles. The molecule has 0 saturated carbocycles. The van der Waals surface area contributed by atoms with Gasteiger partial charge in [-0.1, -0.05) is 0 Å². The molecule has 1 fully saturated rings. The molecular formula is C14H12ClN5. The fraction of sp³-hybridized carbons (Fsp3) is 0.286. The zero-order valence-corrected chi connectivity index (χ0v) is 11.5. The van der Waals surface area contributed by atoms with Crippen molar-refractivity contribution in [1.82, 2.24) is 15.0 Å². The Hall–Kier alpha value is -2.19. The molecule has 0 unspecified atom stereocenters. The molecule has 6 heteroatoms. The van der Waals surface area contributed by atoms with Gasteiger partial charge in [0.2, 0.25) is 5.28 Å². The highest BCUT2D eigenvalue weighted by Gasteiger charge is 2.17. The molecular weight excluding hydrogens is 274 g/mol. The minimum absolute atomic E-state index is 0.173. The molecule has 0 aromatic carbocycles. The molecule has 1 saturated heterocycles. The van der Waals surface area contributed by atoms with Gasteiger partial charge in [0.15, 0.2) is 5.69 Å². The molecule has 0 N–H and O–H groups in total. The summed E-state index contributed by atoms with van der Waals surface area (Å²) in [4.78, 5) is 14.5. The third kappa shape index (κ3) is 2.43. The lowest BCUT2D eigenvalue weighted by molar-refractivity contribution is 0.949. The van der Waals surface area contributed by atoms with E-state index in [2.05, 4.69) is 25.9 Å². The van der Waals surface area contributed by atoms with Gasteiger partial charge in [-0.2, -0.15) is 5.26 Å². The predicted octanol–water partition coefficient (Wildman–Crippen LogP) is 2.66. The van der Waals surface area contributed by atoms with Gasteiger partial charge in [-0.25, -0.2) is 15.0 Å². The van der Waals surface area contributed by atoms with E-state index in [4.69, 9.17) is 11.6 Å². The van der Waals surface area contributed by atoms with Crippen molar-refractivity contribution in [2.75, 3.05) is 18.0 Å². The fourth-order valence-corrected chi connectivity index (χ4v) is 2.51. The highest BCUT2D eigenvalue weighted by Crippen LogP contribution is 2.26. The molecule has 5 nitrogen and oxygen atoms in total. The number of hydrogen-bond acceptors (Lipinski definition) is 5. The summed E-state index contributed by atoms with van der Waals surface area (Å²) in [6.07, 6.45) is 3.90. The standard InChI is InChI=1S/C14H12ClN5/c15-14-17-6-5-11(19-14)10-3-4-13(12(9-16)18-10)20-7-1-2-8-20/h3-6H,1-2,7-8H2. The van der Waals surface area contributed by atoms with Gasteiger partial charge in [0, 0.05) is 19.3 Å². The van der Waals surface area contributed by atoms with Gasteiger partial charge in [0.05, 0.1) is 17.1 Å². The van der Waals surface area contributed by atoms with E-state index in [1.165, 1.54) is 0 Å². The van der Waals surface area contributed by atoms with Gasteiger partial charge in [0.25, 0.3) is 0 Å². The molecule has 20 heavy (non-hydrogen) atoms. The second-order valence-corrected chi connectivity index (χ2v) is 4.92. The van der Waals surface area contributed by atoms with Crippen LogP contribution in [0.15, 0.2) is 24.4 Å². The quantitative estimate of drug-likeness (QED) is 0.794. The van der Waals surface area contributed by atoms with E-state index in [1.807, 2.05) is 12.1 Å². The number of rotatable bonds is 2. The summed E-state index contributed by atoms with van der Waals surface area (Å²) < 4.78 is 0. The van der Waals surface area contributed by atoms with Crippen LogP contribution in [0.2, 0.25) is 5.28 Å². The maximum Gasteiger partial charge on any atom is 0.222 e. The smallest absolute Gasteiger partial charge is 0.222 e. The van der Waals surface area contributed by atoms with Crippen molar-refractivity contribution in [3.05, 3.63) is 35.4 Å². The maximum atomic E-state index is 9.31. The second-order valence-electron chi connectivity index (χ2n) is 4.58. The lowest BCUT2D eigenvalue weighted by Gasteiger charge is -2.18. The van der Waals surface area contributed by atoms with E-state index in [1.54, 1.807) is 12.3 Å². The molecule has 3 rings (SSSR count). The van der Waals surface area contributed by atoms with Crippen LogP contribution in [0.4, 0.5) is 5.69 Å². The van der Waals surface area contributed by atoms with Gasteiger partial charge >= 0.3 is 0 Å². The average Bonchev–Trinajstić information content (AvgIpc) is 3.00. The van der Waals surface area contributed by atoms with Crippen LogP contribution >= 0.6 is 11.6 Å². The third-order valence-corrected chi connectivity index (χ3v) is 3.50. The van der Waals surface area contributed by atoms with Gasteiger partial charge in [-0.05, 0) is 42.6 Å². The van der Waals surface area contributed by atoms with Crippen LogP contribution in [0.5, 0.6) is 0 Å². The first-order valence-electron chi connectivity index (χ1n) is 6.43. The number of halogens is 1. The number of aromatic nitrogens is 3. The molecule has 0 spiro atoms. The first-order chi connectivity index (χ1) is 9.78. The van der Waals surface area contributed by atoms with Crippen molar-refractivity contribution in [3.8, 4) is 17.5 Å². The largest absolute Gasteiger partial charge is 0.369 e. The summed E-state index contributed by atoms with van der Waals surface area (Å²) in [6, 6.07) is 7.70. The topological polar surface area (TPSA) is 65.7 Å². The Bertz CT molecular complexity index is 674. The molecule has 2 aromatic heterocycles. The lowest BCUT2D eigenvalue weighted by atomic mass is 10.2. The van der Waals surface area contributed by atoms with Crippen LogP contribution in [0.1, 0.15) is 18.5 Å². The number of nitriles is 1. The van der Waals surface area contributed by atoms with E-state index in [9.17, 15) is 5.26 Å². The molecule has 0 aliphatic carbocycles. The van der Waals surface area contributed by atoms with Crippen molar-refractivity contribution in [1.29, 1.82) is 5.26 Å². The zero-order valence-electron chi connectivity index (χ0n) is 10.8. The van der Waals surface area contributed by atoms with Crippen LogP contribution in [0.25, 0.3) is 11.4 Å². The van der Waals surface area contributed by atoms with Crippen molar-refractivity contribution in [3.63, 3.8) is 0 Å². The lowest BCUT2D eigenvalue weighted by Crippen LogP contribution is -2.19. The number of pyridine rings is 1. The summed E-state index contributed by atoms with van der Waals surface area (Å²) in [7, 11) is 0. The number of anilines is 1. The summed E-state index contributed by atoms with van der Waals surface area (Å²) in [5.74, 6) is 0. The van der Waals surface area contributed by atoms with Crippen LogP contribution in [-0.4, -0.2) is 28.0 Å². The Morgan fingerprint density at radius 1 is 1.10 bits per heavy atom. The monoisotopic (exact) mass is 285 g/mol. The van der Waals surface area contributed by atoms with E-state index in [0.717, 1.165) is 31.6 Å². The van der Waals surface area contributed by atoms with Gasteiger partial charge in [0.1, 0.15) is 6.07 Å². The Balaban J connectivity index is 2.01. The first kappa shape index (κ1) is 12.8. The molecule has 1 aliphatic rings. The number of hydrogen-bond donors (Lipinski definition) is 0. The average molecular weight is 286 g/mol. The second kappa shape index (κ2) is 5.43. The van der Waals surface area contributed by atoms with Crippen LogP contribution in [0.3, 0.4) is 0 Å². The summed E-state index contributed by atoms with van der Waals surface area (Å²) in [5.41, 5.74) is 2.58. The van der Waals surface area contributed by atoms with Crippen molar-refractivity contribution >= 4 is 17.3 Å². The molecule has 100 valence electrons. The van der Waals surface area contributed by atoms with Gasteiger partial charge in [-0.3, -0.25) is 0 Å². The Labute approximate surface area is 121 Å². The van der Waals surface area contributed by atoms with E-state index >= 15 is 0 Å². The Morgan fingerprint density at radius 2 is 1.85 bits per heavy atom. The maximum absolute atomic E-state index is 9.31. The molecule has 1 aliphatic heterocycles. The summed E-state index contributed by atoms with van der Waals surface area (Å²) in [5, 5.41) is 9.48. The van der Waals surface area contributed by atoms with E-state index in [0.29, 0.717) is 17.1 Å². The van der Waals surface area contributed by atoms with Crippen LogP contribution < -0.4 is 4.90 Å². The van der Waals surface area contributed by atoms with Crippen molar-refractivity contribution in [2.45, 2.75) is 12.8 Å². The normalized spacial score (nSPS) is 14.3. The minimum Gasteiger partial charge on any atom is -0.369 e. The van der Waals surface area contributed by atoms with Crippen LogP contribution in [-0.2, 0) is 0 Å². The summed E-state index contributed by atoms with van der Waals surface area (Å²) >= 11 is 5.78. The molecule has 0 amide bonds. The SMILES string of the molecule is N#Cc1nc(-c2ccnc(Cl)n2)ccc1N1CCCC1. The van der Waals surface area contributed by atoms with Gasteiger partial charge in [-0.15, -0.1) is 0 Å². The van der Waals surface area contributed by atoms with Crippen LogP contribution in [0, 0.1) is 11.3 Å². The molecule has 0 bridgehead atoms. The first-order valence-corrected chi connectivity index (χ1v) is 6.81.